The second kappa shape index (κ2) is 11.1. The fraction of sp³-hybridized carbons (Fsp3) is 0.469. The molecular weight excluding hydrogens is 559 g/mol. The lowest BCUT2D eigenvalue weighted by Gasteiger charge is -2.31. The van der Waals surface area contributed by atoms with Gasteiger partial charge < -0.3 is 19.5 Å². The molecule has 3 saturated heterocycles. The highest BCUT2D eigenvalue weighted by Crippen LogP contribution is 2.42. The minimum Gasteiger partial charge on any atom is -0.508 e. The second-order valence-corrected chi connectivity index (χ2v) is 11.8. The SMILES string of the molecule is CCc1c(F)ccc2cc(O)cc(-c3ncc4c(N5CCCOCC5)nc(OC[C@]56CCCN5C[C@H](F)C6)nc4c3F)c12. The van der Waals surface area contributed by atoms with E-state index in [9.17, 15) is 13.9 Å². The third-order valence-electron chi connectivity index (χ3n) is 9.16. The van der Waals surface area contributed by atoms with E-state index in [-0.39, 0.29) is 35.1 Å². The molecular formula is C32H34F3N5O3. The average molecular weight is 594 g/mol. The summed E-state index contributed by atoms with van der Waals surface area (Å²) in [6.45, 7) is 5.55. The van der Waals surface area contributed by atoms with Crippen LogP contribution in [-0.2, 0) is 11.2 Å². The zero-order chi connectivity index (χ0) is 29.7. The molecule has 4 aromatic rings. The summed E-state index contributed by atoms with van der Waals surface area (Å²) in [5, 5.41) is 12.0. The summed E-state index contributed by atoms with van der Waals surface area (Å²) in [5.41, 5.74) is 0.222. The molecule has 0 amide bonds. The highest BCUT2D eigenvalue weighted by molar-refractivity contribution is 6.01. The number of hydrogen-bond acceptors (Lipinski definition) is 8. The number of halogens is 3. The van der Waals surface area contributed by atoms with Crippen molar-refractivity contribution >= 4 is 27.5 Å². The minimum atomic E-state index is -0.907. The van der Waals surface area contributed by atoms with Gasteiger partial charge in [-0.3, -0.25) is 9.88 Å². The number of aromatic nitrogens is 3. The number of anilines is 1. The maximum Gasteiger partial charge on any atom is 0.319 e. The van der Waals surface area contributed by atoms with Gasteiger partial charge in [0.05, 0.1) is 17.5 Å². The predicted molar refractivity (Wildman–Crippen MR) is 157 cm³/mol. The van der Waals surface area contributed by atoms with Gasteiger partial charge in [0.15, 0.2) is 5.82 Å². The van der Waals surface area contributed by atoms with Crippen LogP contribution in [0.5, 0.6) is 11.8 Å². The molecule has 1 N–H and O–H groups in total. The number of alkyl halides is 1. The van der Waals surface area contributed by atoms with Crippen LogP contribution in [0.15, 0.2) is 30.5 Å². The van der Waals surface area contributed by atoms with Crippen LogP contribution < -0.4 is 9.64 Å². The number of phenols is 1. The Balaban J connectivity index is 1.37. The topological polar surface area (TPSA) is 83.8 Å². The molecule has 8 nitrogen and oxygen atoms in total. The van der Waals surface area contributed by atoms with E-state index < -0.39 is 23.3 Å². The Morgan fingerprint density at radius 1 is 1.12 bits per heavy atom. The molecule has 0 radical (unpaired) electrons. The van der Waals surface area contributed by atoms with Crippen molar-refractivity contribution in [1.29, 1.82) is 0 Å². The van der Waals surface area contributed by atoms with Crippen LogP contribution >= 0.6 is 0 Å². The van der Waals surface area contributed by atoms with Gasteiger partial charge in [-0.1, -0.05) is 13.0 Å². The van der Waals surface area contributed by atoms with Gasteiger partial charge in [-0.05, 0) is 66.8 Å². The Morgan fingerprint density at radius 2 is 2.00 bits per heavy atom. The third-order valence-corrected chi connectivity index (χ3v) is 9.16. The molecule has 226 valence electrons. The first-order valence-electron chi connectivity index (χ1n) is 15.0. The first kappa shape index (κ1) is 28.1. The van der Waals surface area contributed by atoms with Crippen LogP contribution in [0.25, 0.3) is 32.9 Å². The van der Waals surface area contributed by atoms with Crippen molar-refractivity contribution in [2.45, 2.75) is 50.7 Å². The Morgan fingerprint density at radius 3 is 2.86 bits per heavy atom. The number of ether oxygens (including phenoxy) is 2. The molecule has 7 rings (SSSR count). The van der Waals surface area contributed by atoms with Gasteiger partial charge in [0.2, 0.25) is 0 Å². The quantitative estimate of drug-likeness (QED) is 0.311. The average Bonchev–Trinajstić information content (AvgIpc) is 3.37. The first-order chi connectivity index (χ1) is 20.9. The summed E-state index contributed by atoms with van der Waals surface area (Å²) in [5.74, 6) is -0.729. The molecule has 3 fully saturated rings. The van der Waals surface area contributed by atoms with Crippen LogP contribution in [0.3, 0.4) is 0 Å². The van der Waals surface area contributed by atoms with Crippen LogP contribution in [0.1, 0.15) is 38.2 Å². The van der Waals surface area contributed by atoms with E-state index in [1.54, 1.807) is 6.07 Å². The van der Waals surface area contributed by atoms with E-state index in [2.05, 4.69) is 14.9 Å². The van der Waals surface area contributed by atoms with E-state index >= 15 is 4.39 Å². The molecule has 3 aliphatic heterocycles. The number of nitrogens with zero attached hydrogens (tertiary/aromatic N) is 5. The maximum atomic E-state index is 16.7. The van der Waals surface area contributed by atoms with Crippen molar-refractivity contribution in [3.05, 3.63) is 47.7 Å². The lowest BCUT2D eigenvalue weighted by atomic mass is 9.94. The summed E-state index contributed by atoms with van der Waals surface area (Å²) in [4.78, 5) is 17.9. The summed E-state index contributed by atoms with van der Waals surface area (Å²) < 4.78 is 57.8. The number of aromatic hydroxyl groups is 1. The third kappa shape index (κ3) is 4.92. The van der Waals surface area contributed by atoms with Crippen LogP contribution in [-0.4, -0.2) is 82.7 Å². The Labute approximate surface area is 247 Å². The number of phenolic OH excluding ortho intramolecular Hbond substituents is 1. The van der Waals surface area contributed by atoms with Crippen molar-refractivity contribution in [3.63, 3.8) is 0 Å². The summed E-state index contributed by atoms with van der Waals surface area (Å²) in [7, 11) is 0. The zero-order valence-corrected chi connectivity index (χ0v) is 24.1. The van der Waals surface area contributed by atoms with Crippen LogP contribution in [0.2, 0.25) is 0 Å². The molecule has 3 aliphatic rings. The number of rotatable bonds is 6. The molecule has 0 unspecified atom stereocenters. The summed E-state index contributed by atoms with van der Waals surface area (Å²) in [6.07, 6.45) is 3.94. The smallest absolute Gasteiger partial charge is 0.319 e. The molecule has 0 bridgehead atoms. The van der Waals surface area contributed by atoms with Crippen molar-refractivity contribution in [2.75, 3.05) is 50.9 Å². The molecule has 0 spiro atoms. The van der Waals surface area contributed by atoms with Gasteiger partial charge in [-0.25, -0.2) is 13.2 Å². The van der Waals surface area contributed by atoms with Gasteiger partial charge in [-0.15, -0.1) is 0 Å². The van der Waals surface area contributed by atoms with Crippen molar-refractivity contribution in [2.24, 2.45) is 0 Å². The fourth-order valence-electron chi connectivity index (χ4n) is 7.15. The molecule has 5 heterocycles. The van der Waals surface area contributed by atoms with E-state index in [0.717, 1.165) is 25.8 Å². The zero-order valence-electron chi connectivity index (χ0n) is 24.1. The summed E-state index contributed by atoms with van der Waals surface area (Å²) >= 11 is 0. The van der Waals surface area contributed by atoms with Crippen molar-refractivity contribution < 1.29 is 27.8 Å². The van der Waals surface area contributed by atoms with Gasteiger partial charge in [0.1, 0.15) is 41.4 Å². The number of hydrogen-bond donors (Lipinski definition) is 1. The van der Waals surface area contributed by atoms with Crippen LogP contribution in [0.4, 0.5) is 19.0 Å². The van der Waals surface area contributed by atoms with Crippen molar-refractivity contribution in [1.82, 2.24) is 19.9 Å². The van der Waals surface area contributed by atoms with Gasteiger partial charge in [0.25, 0.3) is 0 Å². The molecule has 0 aliphatic carbocycles. The minimum absolute atomic E-state index is 0.00769. The van der Waals surface area contributed by atoms with E-state index in [0.29, 0.717) is 73.2 Å². The molecule has 11 heteroatoms. The van der Waals surface area contributed by atoms with E-state index in [1.807, 2.05) is 11.8 Å². The molecule has 0 saturated carbocycles. The number of aryl methyl sites for hydroxylation is 1. The number of pyridine rings is 1. The summed E-state index contributed by atoms with van der Waals surface area (Å²) in [6, 6.07) is 5.86. The highest BCUT2D eigenvalue weighted by Gasteiger charge is 2.49. The first-order valence-corrected chi connectivity index (χ1v) is 15.0. The number of fused-ring (bicyclic) bond motifs is 3. The van der Waals surface area contributed by atoms with E-state index in [1.165, 1.54) is 24.4 Å². The van der Waals surface area contributed by atoms with Crippen LogP contribution in [0, 0.1) is 11.6 Å². The van der Waals surface area contributed by atoms with Gasteiger partial charge >= 0.3 is 6.01 Å². The largest absolute Gasteiger partial charge is 0.508 e. The standard InChI is InChI=1S/C32H34F3N5O3/c1-2-22-25(34)6-5-19-13-21(41)14-23(26(19)22)28-27(35)29-24(16-36-28)30(39-8-4-11-42-12-10-39)38-31(37-29)43-18-32-7-3-9-40(32)17-20(33)15-32/h5-6,13-14,16,20,41H,2-4,7-12,15,17-18H2,1H3/t20-,32-/m1/s1. The molecule has 43 heavy (non-hydrogen) atoms. The van der Waals surface area contributed by atoms with Gasteiger partial charge in [-0.2, -0.15) is 9.97 Å². The monoisotopic (exact) mass is 593 g/mol. The lowest BCUT2D eigenvalue weighted by Crippen LogP contribution is -2.43. The predicted octanol–water partition coefficient (Wildman–Crippen LogP) is 5.57. The molecule has 2 aromatic heterocycles. The Kier molecular flexibility index (Phi) is 7.25. The second-order valence-electron chi connectivity index (χ2n) is 11.8. The molecule has 2 atom stereocenters. The fourth-order valence-corrected chi connectivity index (χ4v) is 7.15. The Bertz CT molecular complexity index is 1700. The number of benzene rings is 2. The van der Waals surface area contributed by atoms with E-state index in [4.69, 9.17) is 14.5 Å². The normalized spacial score (nSPS) is 22.8. The lowest BCUT2D eigenvalue weighted by molar-refractivity contribution is 0.107. The molecule has 2 aromatic carbocycles. The maximum absolute atomic E-state index is 16.7. The Hall–Kier alpha value is -3.70. The van der Waals surface area contributed by atoms with Crippen molar-refractivity contribution in [3.8, 4) is 23.0 Å². The van der Waals surface area contributed by atoms with Gasteiger partial charge in [0, 0.05) is 44.4 Å². The highest BCUT2D eigenvalue weighted by atomic mass is 19.1.